The molecule has 2 bridgehead atoms. The molecule has 1 saturated carbocycles. The number of pyridine rings is 1. The molecule has 2 aromatic rings. The summed E-state index contributed by atoms with van der Waals surface area (Å²) in [4.78, 5) is 44.9. The number of hydrogen-bond donors (Lipinski definition) is 1. The first-order chi connectivity index (χ1) is 14.5. The fourth-order valence-corrected chi connectivity index (χ4v) is 5.39. The highest BCUT2D eigenvalue weighted by Crippen LogP contribution is 2.54. The number of rotatable bonds is 5. The van der Waals surface area contributed by atoms with Crippen molar-refractivity contribution in [3.8, 4) is 0 Å². The zero-order chi connectivity index (χ0) is 20.8. The van der Waals surface area contributed by atoms with Crippen LogP contribution in [-0.2, 0) is 14.4 Å². The predicted molar refractivity (Wildman–Crippen MR) is 111 cm³/mol. The smallest absolute Gasteiger partial charge is 0.234 e. The molecule has 5 rings (SSSR count). The van der Waals surface area contributed by atoms with Crippen LogP contribution in [0.5, 0.6) is 0 Å². The number of aromatic nitrogens is 1. The van der Waals surface area contributed by atoms with Gasteiger partial charge in [0.2, 0.25) is 17.7 Å². The van der Waals surface area contributed by atoms with Crippen molar-refractivity contribution in [1.82, 2.24) is 9.88 Å². The zero-order valence-electron chi connectivity index (χ0n) is 16.1. The van der Waals surface area contributed by atoms with Crippen molar-refractivity contribution in [3.05, 3.63) is 71.4 Å². The number of carbonyl (C=O) groups is 3. The third kappa shape index (κ3) is 3.03. The first-order valence-electron chi connectivity index (χ1n) is 10.0. The van der Waals surface area contributed by atoms with Crippen LogP contribution < -0.4 is 5.32 Å². The van der Waals surface area contributed by atoms with Gasteiger partial charge in [0.25, 0.3) is 0 Å². The second-order valence-corrected chi connectivity index (χ2v) is 8.46. The lowest BCUT2D eigenvalue weighted by Crippen LogP contribution is -2.38. The average Bonchev–Trinajstić information content (AvgIpc) is 3.42. The summed E-state index contributed by atoms with van der Waals surface area (Å²) in [5, 5.41) is 3.16. The van der Waals surface area contributed by atoms with E-state index in [1.807, 2.05) is 0 Å². The standard InChI is InChI=1S/C23H20ClN3O3/c24-16-6-2-1-5-15(16)17(12-19(28)26-18-7-3-4-10-25-18)27-22(29)20-13-8-9-14(11-13)21(20)23(27)30/h1-10,13-14,17,20-21H,11-12H2,(H,25,26,28). The molecule has 7 heteroatoms. The monoisotopic (exact) mass is 421 g/mol. The van der Waals surface area contributed by atoms with Gasteiger partial charge in [0.05, 0.1) is 24.3 Å². The Morgan fingerprint density at radius 3 is 2.37 bits per heavy atom. The Kier molecular flexibility index (Phi) is 4.66. The number of nitrogens with zero attached hydrogens (tertiary/aromatic N) is 2. The largest absolute Gasteiger partial charge is 0.311 e. The van der Waals surface area contributed by atoms with Crippen molar-refractivity contribution in [2.75, 3.05) is 5.32 Å². The lowest BCUT2D eigenvalue weighted by Gasteiger charge is -2.28. The third-order valence-corrected chi connectivity index (χ3v) is 6.74. The Labute approximate surface area is 178 Å². The Balaban J connectivity index is 1.46. The molecule has 2 fully saturated rings. The SMILES string of the molecule is O=C(CC(c1ccccc1Cl)N1C(=O)C2C3C=CC(C3)C2C1=O)Nc1ccccn1. The molecule has 152 valence electrons. The Bertz CT molecular complexity index is 1020. The fourth-order valence-electron chi connectivity index (χ4n) is 5.12. The fraction of sp³-hybridized carbons (Fsp3) is 0.304. The van der Waals surface area contributed by atoms with E-state index in [-0.39, 0.29) is 47.8 Å². The van der Waals surface area contributed by atoms with E-state index in [1.54, 1.807) is 48.7 Å². The molecule has 1 saturated heterocycles. The Morgan fingerprint density at radius 2 is 1.73 bits per heavy atom. The quantitative estimate of drug-likeness (QED) is 0.590. The third-order valence-electron chi connectivity index (χ3n) is 6.39. The van der Waals surface area contributed by atoms with Gasteiger partial charge in [-0.15, -0.1) is 0 Å². The maximum absolute atomic E-state index is 13.3. The van der Waals surface area contributed by atoms with Crippen molar-refractivity contribution in [2.24, 2.45) is 23.7 Å². The van der Waals surface area contributed by atoms with Crippen LogP contribution >= 0.6 is 11.6 Å². The molecule has 6 nitrogen and oxygen atoms in total. The first kappa shape index (κ1) is 19.0. The van der Waals surface area contributed by atoms with Gasteiger partial charge in [-0.2, -0.15) is 0 Å². The van der Waals surface area contributed by atoms with E-state index in [0.29, 0.717) is 16.4 Å². The number of benzene rings is 1. The van der Waals surface area contributed by atoms with Gasteiger partial charge in [0.15, 0.2) is 0 Å². The summed E-state index contributed by atoms with van der Waals surface area (Å²) in [6.45, 7) is 0. The van der Waals surface area contributed by atoms with Gasteiger partial charge in [-0.3, -0.25) is 19.3 Å². The summed E-state index contributed by atoms with van der Waals surface area (Å²) in [5.41, 5.74) is 0.595. The molecule has 0 radical (unpaired) electrons. The van der Waals surface area contributed by atoms with Crippen LogP contribution in [0.15, 0.2) is 60.8 Å². The lowest BCUT2D eigenvalue weighted by atomic mass is 9.85. The van der Waals surface area contributed by atoms with E-state index >= 15 is 0 Å². The highest BCUT2D eigenvalue weighted by Gasteiger charge is 2.60. The molecule has 5 unspecified atom stereocenters. The van der Waals surface area contributed by atoms with Crippen LogP contribution in [0.3, 0.4) is 0 Å². The molecule has 2 heterocycles. The molecule has 1 aromatic carbocycles. The highest BCUT2D eigenvalue weighted by atomic mass is 35.5. The van der Waals surface area contributed by atoms with Gasteiger partial charge in [-0.25, -0.2) is 4.98 Å². The molecule has 3 aliphatic rings. The second-order valence-electron chi connectivity index (χ2n) is 8.05. The first-order valence-corrected chi connectivity index (χ1v) is 10.4. The normalized spacial score (nSPS) is 27.4. The average molecular weight is 422 g/mol. The van der Waals surface area contributed by atoms with Gasteiger partial charge in [-0.05, 0) is 42.0 Å². The zero-order valence-corrected chi connectivity index (χ0v) is 16.8. The van der Waals surface area contributed by atoms with Crippen LogP contribution in [-0.4, -0.2) is 27.6 Å². The number of nitrogens with one attached hydrogen (secondary N) is 1. The number of allylic oxidation sites excluding steroid dienone is 2. The summed E-state index contributed by atoms with van der Waals surface area (Å²) >= 11 is 6.42. The number of imide groups is 1. The summed E-state index contributed by atoms with van der Waals surface area (Å²) in [6.07, 6.45) is 6.47. The minimum absolute atomic E-state index is 0.0833. The van der Waals surface area contributed by atoms with Crippen molar-refractivity contribution < 1.29 is 14.4 Å². The van der Waals surface area contributed by atoms with E-state index in [0.717, 1.165) is 6.42 Å². The minimum atomic E-state index is -0.757. The molecule has 1 aromatic heterocycles. The van der Waals surface area contributed by atoms with Crippen LogP contribution in [0.1, 0.15) is 24.4 Å². The van der Waals surface area contributed by atoms with Gasteiger partial charge in [-0.1, -0.05) is 48.0 Å². The minimum Gasteiger partial charge on any atom is -0.311 e. The van der Waals surface area contributed by atoms with Gasteiger partial charge >= 0.3 is 0 Å². The summed E-state index contributed by atoms with van der Waals surface area (Å²) < 4.78 is 0. The van der Waals surface area contributed by atoms with Crippen molar-refractivity contribution in [2.45, 2.75) is 18.9 Å². The molecule has 5 atom stereocenters. The van der Waals surface area contributed by atoms with Crippen LogP contribution in [0.2, 0.25) is 5.02 Å². The van der Waals surface area contributed by atoms with Gasteiger partial charge < -0.3 is 5.32 Å². The van der Waals surface area contributed by atoms with E-state index in [9.17, 15) is 14.4 Å². The molecule has 1 aliphatic heterocycles. The van der Waals surface area contributed by atoms with Crippen molar-refractivity contribution in [3.63, 3.8) is 0 Å². The number of likely N-dealkylation sites (tertiary alicyclic amines) is 1. The molecule has 0 spiro atoms. The Morgan fingerprint density at radius 1 is 1.07 bits per heavy atom. The van der Waals surface area contributed by atoms with Crippen molar-refractivity contribution in [1.29, 1.82) is 0 Å². The molecule has 30 heavy (non-hydrogen) atoms. The maximum Gasteiger partial charge on any atom is 0.234 e. The molecule has 1 N–H and O–H groups in total. The van der Waals surface area contributed by atoms with Crippen LogP contribution in [0.25, 0.3) is 0 Å². The van der Waals surface area contributed by atoms with Crippen LogP contribution in [0.4, 0.5) is 5.82 Å². The number of anilines is 1. The summed E-state index contributed by atoms with van der Waals surface area (Å²) in [7, 11) is 0. The number of hydrogen-bond acceptors (Lipinski definition) is 4. The second kappa shape index (κ2) is 7.36. The van der Waals surface area contributed by atoms with Gasteiger partial charge in [0.1, 0.15) is 5.82 Å². The van der Waals surface area contributed by atoms with Gasteiger partial charge in [0, 0.05) is 11.2 Å². The number of halogens is 1. The van der Waals surface area contributed by atoms with E-state index in [2.05, 4.69) is 22.5 Å². The van der Waals surface area contributed by atoms with Crippen molar-refractivity contribution >= 4 is 35.1 Å². The molecular formula is C23H20ClN3O3. The molecular weight excluding hydrogens is 402 g/mol. The molecule has 2 aliphatic carbocycles. The maximum atomic E-state index is 13.3. The Hall–Kier alpha value is -2.99. The number of fused-ring (bicyclic) bond motifs is 5. The highest BCUT2D eigenvalue weighted by molar-refractivity contribution is 6.31. The summed E-state index contributed by atoms with van der Waals surface area (Å²) in [6, 6.07) is 11.5. The van der Waals surface area contributed by atoms with E-state index in [1.165, 1.54) is 4.90 Å². The number of amides is 3. The van der Waals surface area contributed by atoms with E-state index < -0.39 is 6.04 Å². The topological polar surface area (TPSA) is 79.4 Å². The number of carbonyl (C=O) groups excluding carboxylic acids is 3. The predicted octanol–water partition coefficient (Wildman–Crippen LogP) is 3.61. The lowest BCUT2D eigenvalue weighted by molar-refractivity contribution is -0.144. The summed E-state index contributed by atoms with van der Waals surface area (Å²) in [5.74, 6) is -0.746. The van der Waals surface area contributed by atoms with Crippen LogP contribution in [0, 0.1) is 23.7 Å². The molecule has 3 amide bonds. The van der Waals surface area contributed by atoms with E-state index in [4.69, 9.17) is 11.6 Å².